The van der Waals surface area contributed by atoms with Crippen LogP contribution < -0.4 is 5.73 Å². The molecule has 124 valence electrons. The Hall–Kier alpha value is -0.670. The van der Waals surface area contributed by atoms with Gasteiger partial charge in [0.15, 0.2) is 5.78 Å². The van der Waals surface area contributed by atoms with E-state index in [9.17, 15) is 4.79 Å². The number of ether oxygens (including phenoxy) is 1. The predicted molar refractivity (Wildman–Crippen MR) is 88.4 cm³/mol. The van der Waals surface area contributed by atoms with E-state index in [2.05, 4.69) is 33.8 Å². The van der Waals surface area contributed by atoms with Crippen molar-refractivity contribution >= 4 is 5.78 Å². The van der Waals surface area contributed by atoms with Gasteiger partial charge in [0.25, 0.3) is 0 Å². The van der Waals surface area contributed by atoms with Gasteiger partial charge in [0.1, 0.15) is 6.10 Å². The maximum absolute atomic E-state index is 12.4. The Labute approximate surface area is 134 Å². The lowest BCUT2D eigenvalue weighted by Gasteiger charge is -2.51. The Bertz CT molecular complexity index is 496. The van der Waals surface area contributed by atoms with E-state index in [1.165, 1.54) is 12.0 Å². The summed E-state index contributed by atoms with van der Waals surface area (Å²) in [6.45, 7) is 8.64. The maximum Gasteiger partial charge on any atom is 0.161 e. The first kappa shape index (κ1) is 16.2. The number of allylic oxidation sites excluding steroid dienone is 2. The van der Waals surface area contributed by atoms with E-state index in [4.69, 9.17) is 10.5 Å². The topological polar surface area (TPSA) is 52.3 Å². The van der Waals surface area contributed by atoms with Crippen molar-refractivity contribution in [1.82, 2.24) is 0 Å². The first-order valence-electron chi connectivity index (χ1n) is 8.74. The van der Waals surface area contributed by atoms with Gasteiger partial charge in [0, 0.05) is 25.0 Å². The highest BCUT2D eigenvalue weighted by Gasteiger charge is 2.82. The van der Waals surface area contributed by atoms with Crippen LogP contribution in [0.3, 0.4) is 0 Å². The minimum Gasteiger partial charge on any atom is -0.373 e. The predicted octanol–water partition coefficient (Wildman–Crippen LogP) is 3.33. The van der Waals surface area contributed by atoms with E-state index < -0.39 is 0 Å². The average molecular weight is 305 g/mol. The molecule has 0 amide bonds. The van der Waals surface area contributed by atoms with Gasteiger partial charge >= 0.3 is 0 Å². The molecule has 3 aliphatic rings. The van der Waals surface area contributed by atoms with Gasteiger partial charge in [0.05, 0.1) is 0 Å². The number of carbonyl (C=O) groups is 1. The molecule has 3 aliphatic carbocycles. The van der Waals surface area contributed by atoms with Crippen LogP contribution in [-0.2, 0) is 9.53 Å². The fraction of sp³-hybridized carbons (Fsp3) is 0.842. The zero-order chi connectivity index (χ0) is 16.3. The van der Waals surface area contributed by atoms with Crippen LogP contribution in [0.15, 0.2) is 11.6 Å². The largest absolute Gasteiger partial charge is 0.373 e. The molecule has 3 heteroatoms. The molecule has 0 bridgehead atoms. The Morgan fingerprint density at radius 2 is 2.14 bits per heavy atom. The minimum atomic E-state index is -0.365. The molecule has 3 fully saturated rings. The first-order valence-corrected chi connectivity index (χ1v) is 8.74. The summed E-state index contributed by atoms with van der Waals surface area (Å²) in [5.41, 5.74) is 8.17. The highest BCUT2D eigenvalue weighted by Crippen LogP contribution is 2.84. The summed E-state index contributed by atoms with van der Waals surface area (Å²) in [5.74, 6) is 2.42. The van der Waals surface area contributed by atoms with Gasteiger partial charge in [-0.15, -0.1) is 0 Å². The number of Topliss-reactive ketones (excluding diaryl/α,β-unsaturated/α-hetero) is 1. The number of methoxy groups -OCH3 is 1. The van der Waals surface area contributed by atoms with Crippen molar-refractivity contribution < 1.29 is 9.53 Å². The summed E-state index contributed by atoms with van der Waals surface area (Å²) in [6, 6.07) is 0. The molecule has 3 saturated carbocycles. The standard InChI is InChI=1S/C19H31NO2/c1-11(2)6-7-12(3)18(4,20)17-16(22-5)15(21)8-9-19(17)13-10-14(13)19/h6,12-14,16-17H,7-10,20H2,1-5H3/t12-,13-,14?,16-,17-,18-,19?/m1/s1. The highest BCUT2D eigenvalue weighted by atomic mass is 16.5. The van der Waals surface area contributed by atoms with Crippen LogP contribution >= 0.6 is 0 Å². The van der Waals surface area contributed by atoms with E-state index >= 15 is 0 Å². The van der Waals surface area contributed by atoms with Crippen molar-refractivity contribution in [2.24, 2.45) is 34.8 Å². The second-order valence-corrected chi connectivity index (χ2v) is 8.45. The fourth-order valence-corrected chi connectivity index (χ4v) is 5.19. The number of ketones is 1. The number of hydrogen-bond donors (Lipinski definition) is 1. The number of carbonyl (C=O) groups excluding carboxylic acids is 1. The van der Waals surface area contributed by atoms with E-state index in [1.807, 2.05) is 0 Å². The van der Waals surface area contributed by atoms with E-state index in [0.29, 0.717) is 17.8 Å². The minimum absolute atomic E-state index is 0.176. The summed E-state index contributed by atoms with van der Waals surface area (Å²) in [4.78, 5) is 12.4. The van der Waals surface area contributed by atoms with Gasteiger partial charge < -0.3 is 10.5 Å². The van der Waals surface area contributed by atoms with Crippen molar-refractivity contribution in [2.75, 3.05) is 7.11 Å². The van der Waals surface area contributed by atoms with Crippen molar-refractivity contribution in [3.63, 3.8) is 0 Å². The summed E-state index contributed by atoms with van der Waals surface area (Å²) < 4.78 is 5.68. The molecule has 3 nitrogen and oxygen atoms in total. The number of rotatable bonds is 5. The van der Waals surface area contributed by atoms with Crippen LogP contribution in [0.1, 0.15) is 53.4 Å². The normalized spacial score (nSPS) is 43.3. The van der Waals surface area contributed by atoms with Gasteiger partial charge in [-0.2, -0.15) is 0 Å². The zero-order valence-electron chi connectivity index (χ0n) is 14.7. The van der Waals surface area contributed by atoms with Crippen LogP contribution in [0.5, 0.6) is 0 Å². The maximum atomic E-state index is 12.4. The lowest BCUT2D eigenvalue weighted by Crippen LogP contribution is -2.62. The van der Waals surface area contributed by atoms with Gasteiger partial charge in [-0.1, -0.05) is 18.6 Å². The smallest absolute Gasteiger partial charge is 0.161 e. The van der Waals surface area contributed by atoms with Crippen molar-refractivity contribution in [3.05, 3.63) is 11.6 Å². The molecule has 0 aromatic heterocycles. The van der Waals surface area contributed by atoms with Crippen molar-refractivity contribution in [3.8, 4) is 0 Å². The van der Waals surface area contributed by atoms with Gasteiger partial charge in [-0.3, -0.25) is 4.79 Å². The summed E-state index contributed by atoms with van der Waals surface area (Å²) in [5, 5.41) is 0. The van der Waals surface area contributed by atoms with Crippen LogP contribution in [0, 0.1) is 29.1 Å². The molecule has 0 aromatic rings. The molecule has 3 rings (SSSR count). The van der Waals surface area contributed by atoms with Crippen molar-refractivity contribution in [2.45, 2.75) is 65.0 Å². The van der Waals surface area contributed by atoms with E-state index in [-0.39, 0.29) is 23.3 Å². The molecule has 0 aromatic carbocycles. The Morgan fingerprint density at radius 3 is 2.59 bits per heavy atom. The van der Waals surface area contributed by atoms with Crippen LogP contribution in [-0.4, -0.2) is 24.5 Å². The average Bonchev–Trinajstić information content (AvgIpc) is 3.34. The molecule has 2 N–H and O–H groups in total. The SMILES string of the molecule is CO[C@@H]1C(=O)CCC2(C3C[C@H]32)[C@H]1[C@](C)(N)[C@H](C)CC=C(C)C. The van der Waals surface area contributed by atoms with Gasteiger partial charge in [0.2, 0.25) is 0 Å². The van der Waals surface area contributed by atoms with E-state index in [1.54, 1.807) is 7.11 Å². The third kappa shape index (κ3) is 2.20. The highest BCUT2D eigenvalue weighted by molar-refractivity contribution is 5.85. The quantitative estimate of drug-likeness (QED) is 0.793. The summed E-state index contributed by atoms with van der Waals surface area (Å²) in [6.07, 6.45) is 6.00. The van der Waals surface area contributed by atoms with Gasteiger partial charge in [-0.05, 0) is 63.2 Å². The Morgan fingerprint density at radius 1 is 1.50 bits per heavy atom. The molecule has 0 heterocycles. The molecule has 0 aliphatic heterocycles. The lowest BCUT2D eigenvalue weighted by molar-refractivity contribution is -0.147. The first-order chi connectivity index (χ1) is 10.3. The molecule has 0 radical (unpaired) electrons. The number of nitrogens with two attached hydrogens (primary N) is 1. The molecular weight excluding hydrogens is 274 g/mol. The van der Waals surface area contributed by atoms with Crippen LogP contribution in [0.25, 0.3) is 0 Å². The molecule has 7 atom stereocenters. The fourth-order valence-electron chi connectivity index (χ4n) is 5.19. The second-order valence-electron chi connectivity index (χ2n) is 8.45. The Balaban J connectivity index is 1.87. The second kappa shape index (κ2) is 5.17. The van der Waals surface area contributed by atoms with Gasteiger partial charge in [-0.25, -0.2) is 0 Å². The van der Waals surface area contributed by atoms with E-state index in [0.717, 1.165) is 24.7 Å². The third-order valence-corrected chi connectivity index (χ3v) is 6.93. The summed E-state index contributed by atoms with van der Waals surface area (Å²) in [7, 11) is 1.68. The molecule has 1 spiro atoms. The molecule has 22 heavy (non-hydrogen) atoms. The molecule has 2 unspecified atom stereocenters. The number of hydrogen-bond acceptors (Lipinski definition) is 3. The monoisotopic (exact) mass is 305 g/mol. The van der Waals surface area contributed by atoms with Crippen molar-refractivity contribution in [1.29, 1.82) is 0 Å². The van der Waals surface area contributed by atoms with Crippen LogP contribution in [0.4, 0.5) is 0 Å². The zero-order valence-corrected chi connectivity index (χ0v) is 14.7. The molecular formula is C19H31NO2. The number of fused-ring (bicyclic) bond motifs is 3. The Kier molecular flexibility index (Phi) is 3.81. The molecule has 0 saturated heterocycles. The third-order valence-electron chi connectivity index (χ3n) is 6.93. The summed E-state index contributed by atoms with van der Waals surface area (Å²) >= 11 is 0. The lowest BCUT2D eigenvalue weighted by atomic mass is 9.58. The van der Waals surface area contributed by atoms with Crippen LogP contribution in [0.2, 0.25) is 0 Å².